The van der Waals surface area contributed by atoms with Crippen LogP contribution in [0.2, 0.25) is 0 Å². The van der Waals surface area contributed by atoms with E-state index in [0.29, 0.717) is 10.0 Å². The van der Waals surface area contributed by atoms with Crippen molar-refractivity contribution in [3.63, 3.8) is 0 Å². The zero-order valence-electron chi connectivity index (χ0n) is 12.0. The van der Waals surface area contributed by atoms with Crippen molar-refractivity contribution in [2.45, 2.75) is 6.61 Å². The van der Waals surface area contributed by atoms with Crippen LogP contribution >= 0.6 is 15.9 Å². The molecule has 0 bridgehead atoms. The number of hydrogen-bond donors (Lipinski definition) is 1. The normalized spacial score (nSPS) is 10.8. The Morgan fingerprint density at radius 2 is 2.09 bits per heavy atom. The zero-order chi connectivity index (χ0) is 16.7. The smallest absolute Gasteiger partial charge is 0.387 e. The van der Waals surface area contributed by atoms with Crippen LogP contribution in [0, 0.1) is 0 Å². The fraction of sp³-hybridized carbons (Fsp3) is 0.286. The van der Waals surface area contributed by atoms with E-state index in [-0.39, 0.29) is 18.2 Å². The fourth-order valence-electron chi connectivity index (χ4n) is 1.40. The standard InChI is InChI=1S/C14H15BrF2N2O3/c1-19(2)13(21)8-18-12(20)6-3-9-7-10(15)4-5-11(9)22-14(16)17/h3-7,14H,8H2,1-2H3,(H,18,20)/b6-3+. The number of hydrogen-bond acceptors (Lipinski definition) is 3. The number of ether oxygens (including phenoxy) is 1. The van der Waals surface area contributed by atoms with Gasteiger partial charge in [0.15, 0.2) is 0 Å². The van der Waals surface area contributed by atoms with Crippen LogP contribution in [-0.2, 0) is 9.59 Å². The Balaban J connectivity index is 2.74. The molecule has 2 amide bonds. The Hall–Kier alpha value is -1.96. The highest BCUT2D eigenvalue weighted by Crippen LogP contribution is 2.25. The third-order valence-corrected chi connectivity index (χ3v) is 3.01. The summed E-state index contributed by atoms with van der Waals surface area (Å²) in [7, 11) is 3.14. The minimum Gasteiger partial charge on any atom is -0.434 e. The van der Waals surface area contributed by atoms with Gasteiger partial charge in [-0.2, -0.15) is 8.78 Å². The Morgan fingerprint density at radius 3 is 2.68 bits per heavy atom. The molecule has 0 fully saturated rings. The number of alkyl halides is 2. The molecular formula is C14H15BrF2N2O3. The van der Waals surface area contributed by atoms with Crippen LogP contribution in [0.4, 0.5) is 8.78 Å². The van der Waals surface area contributed by atoms with Crippen molar-refractivity contribution in [1.29, 1.82) is 0 Å². The molecule has 0 heterocycles. The second-order valence-electron chi connectivity index (χ2n) is 4.40. The van der Waals surface area contributed by atoms with Gasteiger partial charge in [-0.3, -0.25) is 9.59 Å². The molecule has 0 aliphatic carbocycles. The zero-order valence-corrected chi connectivity index (χ0v) is 13.6. The van der Waals surface area contributed by atoms with Gasteiger partial charge in [-0.15, -0.1) is 0 Å². The van der Waals surface area contributed by atoms with E-state index in [1.54, 1.807) is 20.2 Å². The first-order valence-corrected chi connectivity index (χ1v) is 6.99. The second kappa shape index (κ2) is 8.47. The van der Waals surface area contributed by atoms with Crippen molar-refractivity contribution in [1.82, 2.24) is 10.2 Å². The van der Waals surface area contributed by atoms with Crippen LogP contribution in [0.25, 0.3) is 6.08 Å². The lowest BCUT2D eigenvalue weighted by Crippen LogP contribution is -2.35. The van der Waals surface area contributed by atoms with Gasteiger partial charge in [0.2, 0.25) is 11.8 Å². The number of rotatable bonds is 6. The molecule has 0 atom stereocenters. The number of amides is 2. The van der Waals surface area contributed by atoms with E-state index in [1.807, 2.05) is 0 Å². The predicted molar refractivity (Wildman–Crippen MR) is 81.5 cm³/mol. The van der Waals surface area contributed by atoms with Crippen molar-refractivity contribution >= 4 is 33.8 Å². The molecule has 120 valence electrons. The number of likely N-dealkylation sites (N-methyl/N-ethyl adjacent to an activating group) is 1. The van der Waals surface area contributed by atoms with E-state index >= 15 is 0 Å². The molecular weight excluding hydrogens is 362 g/mol. The lowest BCUT2D eigenvalue weighted by molar-refractivity contribution is -0.129. The third-order valence-electron chi connectivity index (χ3n) is 2.51. The highest BCUT2D eigenvalue weighted by atomic mass is 79.9. The molecule has 1 N–H and O–H groups in total. The summed E-state index contributed by atoms with van der Waals surface area (Å²) >= 11 is 3.21. The molecule has 0 aliphatic rings. The van der Waals surface area contributed by atoms with Gasteiger partial charge in [-0.05, 0) is 24.3 Å². The minimum absolute atomic E-state index is 0.0494. The molecule has 1 aromatic carbocycles. The molecule has 0 radical (unpaired) electrons. The Bertz CT molecular complexity index is 577. The van der Waals surface area contributed by atoms with Crippen LogP contribution in [0.5, 0.6) is 5.75 Å². The number of halogens is 3. The first-order valence-electron chi connectivity index (χ1n) is 6.20. The van der Waals surface area contributed by atoms with E-state index in [4.69, 9.17) is 0 Å². The first kappa shape index (κ1) is 18.1. The van der Waals surface area contributed by atoms with Gasteiger partial charge in [0.1, 0.15) is 5.75 Å². The molecule has 22 heavy (non-hydrogen) atoms. The largest absolute Gasteiger partial charge is 0.434 e. The van der Waals surface area contributed by atoms with Gasteiger partial charge < -0.3 is 15.0 Å². The van der Waals surface area contributed by atoms with Crippen molar-refractivity contribution in [2.75, 3.05) is 20.6 Å². The van der Waals surface area contributed by atoms with E-state index in [2.05, 4.69) is 26.0 Å². The lowest BCUT2D eigenvalue weighted by Gasteiger charge is -2.10. The van der Waals surface area contributed by atoms with Gasteiger partial charge in [-0.25, -0.2) is 0 Å². The molecule has 0 saturated heterocycles. The van der Waals surface area contributed by atoms with Gasteiger partial charge in [-0.1, -0.05) is 15.9 Å². The molecule has 5 nitrogen and oxygen atoms in total. The Morgan fingerprint density at radius 1 is 1.41 bits per heavy atom. The Labute approximate surface area is 135 Å². The average Bonchev–Trinajstić information content (AvgIpc) is 2.44. The first-order chi connectivity index (χ1) is 10.3. The predicted octanol–water partition coefficient (Wildman–Crippen LogP) is 2.27. The quantitative estimate of drug-likeness (QED) is 0.774. The maximum absolute atomic E-state index is 12.3. The van der Waals surface area contributed by atoms with Gasteiger partial charge >= 0.3 is 6.61 Å². The summed E-state index contributed by atoms with van der Waals surface area (Å²) < 4.78 is 29.6. The number of carbonyl (C=O) groups is 2. The molecule has 0 spiro atoms. The van der Waals surface area contributed by atoms with Crippen molar-refractivity contribution in [3.05, 3.63) is 34.3 Å². The summed E-state index contributed by atoms with van der Waals surface area (Å²) in [4.78, 5) is 24.3. The van der Waals surface area contributed by atoms with Crippen molar-refractivity contribution in [2.24, 2.45) is 0 Å². The summed E-state index contributed by atoms with van der Waals surface area (Å²) in [5.74, 6) is -0.823. The highest BCUT2D eigenvalue weighted by Gasteiger charge is 2.09. The van der Waals surface area contributed by atoms with E-state index < -0.39 is 12.5 Å². The maximum Gasteiger partial charge on any atom is 0.387 e. The van der Waals surface area contributed by atoms with Gasteiger partial charge in [0.25, 0.3) is 0 Å². The van der Waals surface area contributed by atoms with Crippen molar-refractivity contribution in [3.8, 4) is 5.75 Å². The highest BCUT2D eigenvalue weighted by molar-refractivity contribution is 9.10. The fourth-order valence-corrected chi connectivity index (χ4v) is 1.78. The Kier molecular flexibility index (Phi) is 6.97. The minimum atomic E-state index is -2.96. The van der Waals surface area contributed by atoms with Crippen LogP contribution in [0.3, 0.4) is 0 Å². The van der Waals surface area contributed by atoms with Crippen molar-refractivity contribution < 1.29 is 23.1 Å². The summed E-state index contributed by atoms with van der Waals surface area (Å²) in [5.41, 5.74) is 0.309. The van der Waals surface area contributed by atoms with E-state index in [0.717, 1.165) is 6.08 Å². The summed E-state index contributed by atoms with van der Waals surface area (Å²) in [5, 5.41) is 2.39. The molecule has 0 aromatic heterocycles. The van der Waals surface area contributed by atoms with Crippen LogP contribution in [-0.4, -0.2) is 44.0 Å². The summed E-state index contributed by atoms with van der Waals surface area (Å²) in [6, 6.07) is 4.45. The molecule has 1 rings (SSSR count). The lowest BCUT2D eigenvalue weighted by atomic mass is 10.2. The van der Waals surface area contributed by atoms with Crippen LogP contribution in [0.15, 0.2) is 28.7 Å². The number of benzene rings is 1. The van der Waals surface area contributed by atoms with E-state index in [1.165, 1.54) is 23.1 Å². The molecule has 0 saturated carbocycles. The topological polar surface area (TPSA) is 58.6 Å². The number of nitrogens with zero attached hydrogens (tertiary/aromatic N) is 1. The maximum atomic E-state index is 12.3. The van der Waals surface area contributed by atoms with Gasteiger partial charge in [0, 0.05) is 30.2 Å². The molecule has 8 heteroatoms. The number of carbonyl (C=O) groups excluding carboxylic acids is 2. The summed E-state index contributed by atoms with van der Waals surface area (Å²) in [6.07, 6.45) is 2.47. The average molecular weight is 377 g/mol. The van der Waals surface area contributed by atoms with Crippen LogP contribution in [0.1, 0.15) is 5.56 Å². The number of nitrogens with one attached hydrogen (secondary N) is 1. The summed E-state index contributed by atoms with van der Waals surface area (Å²) in [6.45, 7) is -3.10. The van der Waals surface area contributed by atoms with Gasteiger partial charge in [0.05, 0.1) is 6.54 Å². The van der Waals surface area contributed by atoms with E-state index in [9.17, 15) is 18.4 Å². The monoisotopic (exact) mass is 376 g/mol. The molecule has 0 unspecified atom stereocenters. The van der Waals surface area contributed by atoms with Crippen LogP contribution < -0.4 is 10.1 Å². The molecule has 1 aromatic rings. The SMILES string of the molecule is CN(C)C(=O)CNC(=O)/C=C/c1cc(Br)ccc1OC(F)F. The molecule has 0 aliphatic heterocycles. The second-order valence-corrected chi connectivity index (χ2v) is 5.32. The third kappa shape index (κ3) is 6.21.